The number of nitrogens with zero attached hydrogens (tertiary/aromatic N) is 4. The Hall–Kier alpha value is -2.31. The summed E-state index contributed by atoms with van der Waals surface area (Å²) in [7, 11) is 0. The highest BCUT2D eigenvalue weighted by atomic mass is 16.5. The molecule has 6 nitrogen and oxygen atoms in total. The minimum atomic E-state index is -0.134. The quantitative estimate of drug-likeness (QED) is 0.820. The lowest BCUT2D eigenvalue weighted by Crippen LogP contribution is -2.40. The minimum Gasteiger partial charge on any atom is -0.379 e. The topological polar surface area (TPSA) is 58.6 Å². The number of para-hydroxylation sites is 1. The molecule has 1 amide bonds. The van der Waals surface area contributed by atoms with Crippen molar-refractivity contribution < 1.29 is 9.53 Å². The number of rotatable bonds is 3. The lowest BCUT2D eigenvalue weighted by Gasteiger charge is -2.29. The first-order valence-corrected chi connectivity index (χ1v) is 9.97. The van der Waals surface area contributed by atoms with Crippen LogP contribution in [-0.4, -0.2) is 60.2 Å². The zero-order chi connectivity index (χ0) is 19.7. The highest BCUT2D eigenvalue weighted by Crippen LogP contribution is 2.37. The van der Waals surface area contributed by atoms with Crippen LogP contribution in [0.4, 0.5) is 5.69 Å². The largest absolute Gasteiger partial charge is 0.379 e. The van der Waals surface area contributed by atoms with Crippen LogP contribution in [0.1, 0.15) is 48.4 Å². The number of benzene rings is 1. The van der Waals surface area contributed by atoms with Gasteiger partial charge in [0.05, 0.1) is 18.8 Å². The Morgan fingerprint density at radius 1 is 1.14 bits per heavy atom. The molecule has 0 radical (unpaired) electrons. The molecular formula is C22H28N4O2. The standard InChI is InChI=1S/C22H28N4O2/c1-22(2,3)21-23-12-16(13-24-21)20(27)26-15-17(14-25-8-10-28-11-9-25)18-6-4-5-7-19(18)26/h4-7,12-13,17H,8-11,14-15H2,1-3H3/t17-/m1/s1. The molecule has 148 valence electrons. The van der Waals surface area contributed by atoms with Crippen molar-refractivity contribution in [1.29, 1.82) is 0 Å². The SMILES string of the molecule is CC(C)(C)c1ncc(C(=O)N2C[C@@H](CN3CCOCC3)c3ccccc32)cn1. The molecule has 0 bridgehead atoms. The van der Waals surface area contributed by atoms with Crippen molar-refractivity contribution in [3.05, 3.63) is 53.6 Å². The average molecular weight is 380 g/mol. The number of hydrogen-bond acceptors (Lipinski definition) is 5. The van der Waals surface area contributed by atoms with E-state index >= 15 is 0 Å². The smallest absolute Gasteiger partial charge is 0.261 e. The van der Waals surface area contributed by atoms with Crippen molar-refractivity contribution in [3.63, 3.8) is 0 Å². The molecule has 6 heteroatoms. The van der Waals surface area contributed by atoms with Crippen molar-refractivity contribution in [2.75, 3.05) is 44.3 Å². The number of fused-ring (bicyclic) bond motifs is 1. The predicted molar refractivity (Wildman–Crippen MR) is 109 cm³/mol. The molecule has 0 saturated carbocycles. The van der Waals surface area contributed by atoms with Crippen molar-refractivity contribution >= 4 is 11.6 Å². The van der Waals surface area contributed by atoms with Crippen LogP contribution in [0.25, 0.3) is 0 Å². The van der Waals surface area contributed by atoms with Crippen LogP contribution >= 0.6 is 0 Å². The first-order chi connectivity index (χ1) is 13.4. The average Bonchev–Trinajstić information content (AvgIpc) is 3.06. The van der Waals surface area contributed by atoms with Gasteiger partial charge in [-0.15, -0.1) is 0 Å². The van der Waals surface area contributed by atoms with E-state index in [0.29, 0.717) is 18.0 Å². The second-order valence-corrected chi connectivity index (χ2v) is 8.63. The Balaban J connectivity index is 1.55. The van der Waals surface area contributed by atoms with Crippen LogP contribution in [0, 0.1) is 0 Å². The Morgan fingerprint density at radius 3 is 2.50 bits per heavy atom. The minimum absolute atomic E-state index is 0.0302. The Bertz CT molecular complexity index is 838. The van der Waals surface area contributed by atoms with Crippen LogP contribution < -0.4 is 4.90 Å². The molecule has 2 aliphatic rings. The van der Waals surface area contributed by atoms with Gasteiger partial charge in [0.1, 0.15) is 5.82 Å². The number of carbonyl (C=O) groups excluding carboxylic acids is 1. The van der Waals surface area contributed by atoms with Crippen LogP contribution in [0.3, 0.4) is 0 Å². The summed E-state index contributed by atoms with van der Waals surface area (Å²) in [4.78, 5) is 26.4. The predicted octanol–water partition coefficient (Wildman–Crippen LogP) is 2.85. The summed E-state index contributed by atoms with van der Waals surface area (Å²) in [6.07, 6.45) is 3.32. The van der Waals surface area contributed by atoms with Gasteiger partial charge in [-0.2, -0.15) is 0 Å². The summed E-state index contributed by atoms with van der Waals surface area (Å²) in [6, 6.07) is 8.24. The van der Waals surface area contributed by atoms with Gasteiger partial charge >= 0.3 is 0 Å². The lowest BCUT2D eigenvalue weighted by molar-refractivity contribution is 0.0356. The molecule has 1 aromatic heterocycles. The van der Waals surface area contributed by atoms with E-state index in [1.165, 1.54) is 5.56 Å². The van der Waals surface area contributed by atoms with E-state index in [1.54, 1.807) is 12.4 Å². The van der Waals surface area contributed by atoms with Gasteiger partial charge in [-0.25, -0.2) is 9.97 Å². The van der Waals surface area contributed by atoms with Gasteiger partial charge in [-0.3, -0.25) is 9.69 Å². The summed E-state index contributed by atoms with van der Waals surface area (Å²) >= 11 is 0. The number of ether oxygens (including phenoxy) is 1. The van der Waals surface area contributed by atoms with Gasteiger partial charge in [-0.05, 0) is 11.6 Å². The van der Waals surface area contributed by atoms with E-state index in [0.717, 1.165) is 44.4 Å². The third-order valence-electron chi connectivity index (χ3n) is 5.47. The second-order valence-electron chi connectivity index (χ2n) is 8.63. The van der Waals surface area contributed by atoms with Crippen LogP contribution in [0.15, 0.2) is 36.7 Å². The van der Waals surface area contributed by atoms with E-state index in [4.69, 9.17) is 4.74 Å². The Morgan fingerprint density at radius 2 is 1.82 bits per heavy atom. The van der Waals surface area contributed by atoms with Crippen molar-refractivity contribution in [1.82, 2.24) is 14.9 Å². The number of aromatic nitrogens is 2. The Labute approximate surface area is 166 Å². The molecule has 1 saturated heterocycles. The summed E-state index contributed by atoms with van der Waals surface area (Å²) in [5.74, 6) is 1.03. The maximum atomic E-state index is 13.2. The third kappa shape index (κ3) is 3.80. The number of anilines is 1. The van der Waals surface area contributed by atoms with Gasteiger partial charge < -0.3 is 9.64 Å². The van der Waals surface area contributed by atoms with Gasteiger partial charge in [0.15, 0.2) is 0 Å². The lowest BCUT2D eigenvalue weighted by atomic mass is 9.96. The molecule has 3 heterocycles. The Kier molecular flexibility index (Phi) is 5.17. The van der Waals surface area contributed by atoms with Gasteiger partial charge in [0.25, 0.3) is 5.91 Å². The van der Waals surface area contributed by atoms with Gasteiger partial charge in [0, 0.05) is 55.6 Å². The monoisotopic (exact) mass is 380 g/mol. The fraction of sp³-hybridized carbons (Fsp3) is 0.500. The normalized spacial score (nSPS) is 20.2. The second kappa shape index (κ2) is 7.60. The number of hydrogen-bond donors (Lipinski definition) is 0. The maximum absolute atomic E-state index is 13.2. The van der Waals surface area contributed by atoms with E-state index in [9.17, 15) is 4.79 Å². The molecule has 2 aromatic rings. The zero-order valence-electron chi connectivity index (χ0n) is 16.9. The summed E-state index contributed by atoms with van der Waals surface area (Å²) < 4.78 is 5.46. The molecule has 4 rings (SSSR count). The van der Waals surface area contributed by atoms with E-state index in [2.05, 4.69) is 47.8 Å². The molecule has 0 aliphatic carbocycles. The first-order valence-electron chi connectivity index (χ1n) is 9.97. The van der Waals surface area contributed by atoms with Crippen LogP contribution in [0.5, 0.6) is 0 Å². The van der Waals surface area contributed by atoms with Gasteiger partial charge in [0.2, 0.25) is 0 Å². The molecule has 0 unspecified atom stereocenters. The van der Waals surface area contributed by atoms with Crippen molar-refractivity contribution in [2.45, 2.75) is 32.1 Å². The highest BCUT2D eigenvalue weighted by Gasteiger charge is 2.34. The van der Waals surface area contributed by atoms with Gasteiger partial charge in [-0.1, -0.05) is 39.0 Å². The van der Waals surface area contributed by atoms with E-state index in [1.807, 2.05) is 17.0 Å². The number of amides is 1. The van der Waals surface area contributed by atoms with Crippen LogP contribution in [0.2, 0.25) is 0 Å². The molecule has 28 heavy (non-hydrogen) atoms. The van der Waals surface area contributed by atoms with Crippen LogP contribution in [-0.2, 0) is 10.2 Å². The molecule has 0 N–H and O–H groups in total. The fourth-order valence-electron chi connectivity index (χ4n) is 3.92. The molecule has 1 atom stereocenters. The zero-order valence-corrected chi connectivity index (χ0v) is 16.9. The number of morpholine rings is 1. The summed E-state index contributed by atoms with van der Waals surface area (Å²) in [5.41, 5.74) is 2.65. The molecule has 0 spiro atoms. The first kappa shape index (κ1) is 19.0. The molecule has 2 aliphatic heterocycles. The van der Waals surface area contributed by atoms with Crippen molar-refractivity contribution in [2.24, 2.45) is 0 Å². The maximum Gasteiger partial charge on any atom is 0.261 e. The molecular weight excluding hydrogens is 352 g/mol. The number of carbonyl (C=O) groups is 1. The van der Waals surface area contributed by atoms with Crippen molar-refractivity contribution in [3.8, 4) is 0 Å². The summed E-state index contributed by atoms with van der Waals surface area (Å²) in [6.45, 7) is 11.3. The highest BCUT2D eigenvalue weighted by molar-refractivity contribution is 6.07. The molecule has 1 fully saturated rings. The summed E-state index contributed by atoms with van der Waals surface area (Å²) in [5, 5.41) is 0. The fourth-order valence-corrected chi connectivity index (χ4v) is 3.92. The third-order valence-corrected chi connectivity index (χ3v) is 5.47. The van der Waals surface area contributed by atoms with E-state index < -0.39 is 0 Å². The van der Waals surface area contributed by atoms with E-state index in [-0.39, 0.29) is 11.3 Å². The molecule has 1 aromatic carbocycles.